The lowest BCUT2D eigenvalue weighted by molar-refractivity contribution is 0.0940. The number of aliphatic hydroxyl groups is 1. The van der Waals surface area contributed by atoms with E-state index < -0.39 is 0 Å². The molecule has 0 saturated heterocycles. The molecule has 1 amide bonds. The average molecular weight is 222 g/mol. The van der Waals surface area contributed by atoms with E-state index in [1.165, 1.54) is 0 Å². The molecule has 4 nitrogen and oxygen atoms in total. The Balaban J connectivity index is 2.53. The highest BCUT2D eigenvalue weighted by molar-refractivity contribution is 5.92. The van der Waals surface area contributed by atoms with Crippen molar-refractivity contribution < 1.29 is 9.90 Å². The second-order valence-electron chi connectivity index (χ2n) is 3.63. The minimum atomic E-state index is -0.240. The Kier molecular flexibility index (Phi) is 5.50. The number of rotatable bonds is 6. The molecule has 1 heterocycles. The minimum absolute atomic E-state index is 0.0552. The molecular formula is C12H18N2O2. The number of aromatic nitrogens is 1. The van der Waals surface area contributed by atoms with Crippen LogP contribution in [0.25, 0.3) is 0 Å². The molecule has 4 heteroatoms. The molecule has 0 aliphatic rings. The molecule has 1 rings (SSSR count). The zero-order valence-electron chi connectivity index (χ0n) is 9.57. The van der Waals surface area contributed by atoms with E-state index in [2.05, 4.69) is 17.2 Å². The van der Waals surface area contributed by atoms with Gasteiger partial charge in [-0.25, -0.2) is 0 Å². The topological polar surface area (TPSA) is 62.2 Å². The summed E-state index contributed by atoms with van der Waals surface area (Å²) in [6.45, 7) is 2.35. The van der Waals surface area contributed by atoms with Gasteiger partial charge in [0.15, 0.2) is 0 Å². The number of hydrogen-bond donors (Lipinski definition) is 2. The monoisotopic (exact) mass is 222 g/mol. The smallest absolute Gasteiger partial charge is 0.269 e. The number of nitrogens with zero attached hydrogens (tertiary/aromatic N) is 1. The number of amides is 1. The summed E-state index contributed by atoms with van der Waals surface area (Å²) in [5.74, 6) is -0.240. The molecule has 0 fully saturated rings. The number of pyridine rings is 1. The number of carbonyl (C=O) groups is 1. The van der Waals surface area contributed by atoms with Gasteiger partial charge in [-0.15, -0.1) is 0 Å². The maximum atomic E-state index is 11.4. The van der Waals surface area contributed by atoms with Crippen molar-refractivity contribution >= 4 is 5.91 Å². The van der Waals surface area contributed by atoms with Crippen molar-refractivity contribution in [3.05, 3.63) is 29.6 Å². The molecule has 0 atom stereocenters. The maximum Gasteiger partial charge on any atom is 0.269 e. The number of aliphatic hydroxyl groups excluding tert-OH is 1. The van der Waals surface area contributed by atoms with Crippen LogP contribution in [0.5, 0.6) is 0 Å². The Morgan fingerprint density at radius 1 is 1.50 bits per heavy atom. The van der Waals surface area contributed by atoms with E-state index in [-0.39, 0.29) is 19.1 Å². The van der Waals surface area contributed by atoms with E-state index in [1.807, 2.05) is 6.07 Å². The Hall–Kier alpha value is -1.42. The van der Waals surface area contributed by atoms with Crippen LogP contribution in [0.3, 0.4) is 0 Å². The fourth-order valence-corrected chi connectivity index (χ4v) is 1.35. The Morgan fingerprint density at radius 3 is 2.88 bits per heavy atom. The number of nitrogens with one attached hydrogen (secondary N) is 1. The predicted octanol–water partition coefficient (Wildman–Crippen LogP) is 1.15. The van der Waals surface area contributed by atoms with Crippen molar-refractivity contribution in [3.8, 4) is 0 Å². The minimum Gasteiger partial charge on any atom is -0.395 e. The van der Waals surface area contributed by atoms with Gasteiger partial charge in [-0.05, 0) is 24.5 Å². The standard InChI is InChI=1S/C12H18N2O2/c1-2-3-4-10-5-6-11(14-9-10)12(16)13-7-8-15/h5-6,9,15H,2-4,7-8H2,1H3,(H,13,16). The summed E-state index contributed by atoms with van der Waals surface area (Å²) >= 11 is 0. The van der Waals surface area contributed by atoms with E-state index >= 15 is 0 Å². The first-order valence-electron chi connectivity index (χ1n) is 5.62. The van der Waals surface area contributed by atoms with Crippen LogP contribution >= 0.6 is 0 Å². The molecule has 0 aromatic carbocycles. The molecule has 0 unspecified atom stereocenters. The van der Waals surface area contributed by atoms with Gasteiger partial charge in [0.25, 0.3) is 5.91 Å². The van der Waals surface area contributed by atoms with Gasteiger partial charge >= 0.3 is 0 Å². The van der Waals surface area contributed by atoms with Crippen LogP contribution in [0, 0.1) is 0 Å². The molecule has 1 aromatic heterocycles. The van der Waals surface area contributed by atoms with Crippen LogP contribution in [-0.2, 0) is 6.42 Å². The Labute approximate surface area is 95.7 Å². The summed E-state index contributed by atoms with van der Waals surface area (Å²) in [7, 11) is 0. The first-order valence-corrected chi connectivity index (χ1v) is 5.62. The van der Waals surface area contributed by atoms with Crippen molar-refractivity contribution in [3.63, 3.8) is 0 Å². The lowest BCUT2D eigenvalue weighted by Crippen LogP contribution is -2.27. The average Bonchev–Trinajstić information content (AvgIpc) is 2.34. The fourth-order valence-electron chi connectivity index (χ4n) is 1.35. The molecule has 88 valence electrons. The van der Waals surface area contributed by atoms with Crippen molar-refractivity contribution in [2.75, 3.05) is 13.2 Å². The lowest BCUT2D eigenvalue weighted by atomic mass is 10.1. The second kappa shape index (κ2) is 6.95. The van der Waals surface area contributed by atoms with Crippen LogP contribution in [-0.4, -0.2) is 29.1 Å². The number of hydrogen-bond acceptors (Lipinski definition) is 3. The molecule has 16 heavy (non-hydrogen) atoms. The van der Waals surface area contributed by atoms with E-state index in [9.17, 15) is 4.79 Å². The van der Waals surface area contributed by atoms with Gasteiger partial charge in [0, 0.05) is 12.7 Å². The summed E-state index contributed by atoms with van der Waals surface area (Å²) in [6.07, 6.45) is 5.03. The first-order chi connectivity index (χ1) is 7.77. The molecule has 0 bridgehead atoms. The molecule has 1 aromatic rings. The second-order valence-corrected chi connectivity index (χ2v) is 3.63. The summed E-state index contributed by atoms with van der Waals surface area (Å²) in [6, 6.07) is 3.65. The van der Waals surface area contributed by atoms with Crippen molar-refractivity contribution in [1.82, 2.24) is 10.3 Å². The van der Waals surface area contributed by atoms with Gasteiger partial charge in [-0.1, -0.05) is 19.4 Å². The van der Waals surface area contributed by atoms with Crippen molar-refractivity contribution in [2.24, 2.45) is 0 Å². The molecule has 0 aliphatic carbocycles. The Bertz CT molecular complexity index is 322. The molecule has 0 saturated carbocycles. The van der Waals surface area contributed by atoms with Gasteiger partial charge in [0.1, 0.15) is 5.69 Å². The normalized spacial score (nSPS) is 10.1. The number of aryl methyl sites for hydroxylation is 1. The van der Waals surface area contributed by atoms with Crippen LogP contribution in [0.2, 0.25) is 0 Å². The summed E-state index contributed by atoms with van der Waals surface area (Å²) in [5.41, 5.74) is 1.55. The van der Waals surface area contributed by atoms with Gasteiger partial charge in [0.05, 0.1) is 6.61 Å². The highest BCUT2D eigenvalue weighted by atomic mass is 16.3. The Morgan fingerprint density at radius 2 is 2.31 bits per heavy atom. The summed E-state index contributed by atoms with van der Waals surface area (Å²) < 4.78 is 0. The largest absolute Gasteiger partial charge is 0.395 e. The van der Waals surface area contributed by atoms with Gasteiger partial charge < -0.3 is 10.4 Å². The zero-order chi connectivity index (χ0) is 11.8. The number of carbonyl (C=O) groups excluding carboxylic acids is 1. The molecule has 0 spiro atoms. The van der Waals surface area contributed by atoms with Crippen molar-refractivity contribution in [2.45, 2.75) is 26.2 Å². The van der Waals surface area contributed by atoms with Crippen LogP contribution < -0.4 is 5.32 Å². The highest BCUT2D eigenvalue weighted by Gasteiger charge is 2.05. The summed E-state index contributed by atoms with van der Waals surface area (Å²) in [4.78, 5) is 15.5. The highest BCUT2D eigenvalue weighted by Crippen LogP contribution is 2.04. The predicted molar refractivity (Wildman–Crippen MR) is 62.3 cm³/mol. The van der Waals surface area contributed by atoms with E-state index in [1.54, 1.807) is 12.3 Å². The lowest BCUT2D eigenvalue weighted by Gasteiger charge is -2.03. The van der Waals surface area contributed by atoms with Crippen molar-refractivity contribution in [1.29, 1.82) is 0 Å². The third kappa shape index (κ3) is 3.98. The van der Waals surface area contributed by atoms with E-state index in [4.69, 9.17) is 5.11 Å². The van der Waals surface area contributed by atoms with Crippen LogP contribution in [0.15, 0.2) is 18.3 Å². The summed E-state index contributed by atoms with van der Waals surface area (Å²) in [5, 5.41) is 11.1. The molecular weight excluding hydrogens is 204 g/mol. The van der Waals surface area contributed by atoms with Crippen LogP contribution in [0.1, 0.15) is 35.8 Å². The van der Waals surface area contributed by atoms with E-state index in [0.717, 1.165) is 24.8 Å². The van der Waals surface area contributed by atoms with Gasteiger partial charge in [-0.2, -0.15) is 0 Å². The first kappa shape index (κ1) is 12.6. The molecule has 0 aliphatic heterocycles. The third-order valence-electron chi connectivity index (χ3n) is 2.27. The third-order valence-corrected chi connectivity index (χ3v) is 2.27. The SMILES string of the molecule is CCCCc1ccc(C(=O)NCCO)nc1. The maximum absolute atomic E-state index is 11.4. The van der Waals surface area contributed by atoms with Crippen LogP contribution in [0.4, 0.5) is 0 Å². The zero-order valence-corrected chi connectivity index (χ0v) is 9.57. The quantitative estimate of drug-likeness (QED) is 0.759. The molecule has 2 N–H and O–H groups in total. The fraction of sp³-hybridized carbons (Fsp3) is 0.500. The van der Waals surface area contributed by atoms with E-state index in [0.29, 0.717) is 5.69 Å². The molecule has 0 radical (unpaired) electrons. The number of unbranched alkanes of at least 4 members (excludes halogenated alkanes) is 1. The van der Waals surface area contributed by atoms with Gasteiger partial charge in [0.2, 0.25) is 0 Å². The van der Waals surface area contributed by atoms with Gasteiger partial charge in [-0.3, -0.25) is 9.78 Å².